The molecule has 0 saturated carbocycles. The Hall–Kier alpha value is -1.59. The molecule has 0 saturated heterocycles. The third-order valence-corrected chi connectivity index (χ3v) is 2.65. The molecule has 0 spiro atoms. The third kappa shape index (κ3) is 7.68. The number of hydrogen-bond acceptors (Lipinski definition) is 8. The van der Waals surface area contributed by atoms with Crippen LogP contribution in [0.25, 0.3) is 0 Å². The zero-order valence-electron chi connectivity index (χ0n) is 11.0. The summed E-state index contributed by atoms with van der Waals surface area (Å²) in [6, 6.07) is 0. The lowest BCUT2D eigenvalue weighted by atomic mass is 10.4. The number of alkyl halides is 2. The van der Waals surface area contributed by atoms with Crippen LogP contribution in [0.2, 0.25) is 0 Å². The Morgan fingerprint density at radius 3 is 2.29 bits per heavy atom. The number of carbonyl (C=O) groups is 2. The molecule has 21 heavy (non-hydrogen) atoms. The van der Waals surface area contributed by atoms with Gasteiger partial charge in [0.05, 0.1) is 6.61 Å². The number of esters is 2. The number of ether oxygens (including phenoxy) is 3. The number of halogens is 2. The molecule has 0 aliphatic heterocycles. The summed E-state index contributed by atoms with van der Waals surface area (Å²) in [5.41, 5.74) is 0.0761. The molecule has 0 atom stereocenters. The molecular weight excluding hydrogens is 318 g/mol. The van der Waals surface area contributed by atoms with E-state index in [1.165, 1.54) is 6.92 Å². The van der Waals surface area contributed by atoms with Gasteiger partial charge in [0.1, 0.15) is 13.2 Å². The van der Waals surface area contributed by atoms with Gasteiger partial charge in [0.2, 0.25) is 0 Å². The fourth-order valence-corrected chi connectivity index (χ4v) is 0.995. The van der Waals surface area contributed by atoms with Gasteiger partial charge in [-0.25, -0.2) is 18.0 Å². The van der Waals surface area contributed by atoms with Crippen molar-refractivity contribution in [2.75, 3.05) is 26.4 Å². The van der Waals surface area contributed by atoms with Gasteiger partial charge in [0.15, 0.2) is 16.7 Å². The number of carbonyl (C=O) groups excluding carboxylic acids is 2. The molecule has 0 heterocycles. The van der Waals surface area contributed by atoms with Crippen molar-refractivity contribution >= 4 is 22.1 Å². The first-order valence-electron chi connectivity index (χ1n) is 5.36. The van der Waals surface area contributed by atoms with Crippen molar-refractivity contribution in [3.05, 3.63) is 12.2 Å². The zero-order chi connectivity index (χ0) is 16.7. The molecule has 0 aliphatic rings. The highest BCUT2D eigenvalue weighted by Gasteiger charge is 2.37. The molecule has 0 amide bonds. The van der Waals surface area contributed by atoms with Crippen molar-refractivity contribution < 1.29 is 45.6 Å². The van der Waals surface area contributed by atoms with Crippen molar-refractivity contribution in [1.29, 1.82) is 0 Å². The quantitative estimate of drug-likeness (QED) is 0.247. The van der Waals surface area contributed by atoms with Crippen molar-refractivity contribution in [2.24, 2.45) is 0 Å². The van der Waals surface area contributed by atoms with Crippen LogP contribution < -0.4 is 0 Å². The van der Waals surface area contributed by atoms with Crippen LogP contribution in [0.4, 0.5) is 8.78 Å². The van der Waals surface area contributed by atoms with Gasteiger partial charge in [0.25, 0.3) is 0 Å². The van der Waals surface area contributed by atoms with Gasteiger partial charge in [0, 0.05) is 5.57 Å². The van der Waals surface area contributed by atoms with Crippen LogP contribution in [-0.4, -0.2) is 56.6 Å². The van der Waals surface area contributed by atoms with Gasteiger partial charge in [-0.05, 0) is 6.92 Å². The standard InChI is InChI=1S/C10H14F2O8S/c1-7(2)9(14)20-5-8(13)19-4-3-18-6-10(11,12)21(15,16)17/h1,3-6H2,2H3,(H,15,16,17)/p-1. The molecule has 0 bridgehead atoms. The maximum atomic E-state index is 12.6. The van der Waals surface area contributed by atoms with Crippen molar-refractivity contribution in [2.45, 2.75) is 12.2 Å². The molecule has 0 radical (unpaired) electrons. The monoisotopic (exact) mass is 331 g/mol. The molecule has 0 unspecified atom stereocenters. The Bertz CT molecular complexity index is 499. The highest BCUT2D eigenvalue weighted by molar-refractivity contribution is 7.86. The highest BCUT2D eigenvalue weighted by Crippen LogP contribution is 2.20. The van der Waals surface area contributed by atoms with E-state index in [0.29, 0.717) is 0 Å². The van der Waals surface area contributed by atoms with Gasteiger partial charge in [-0.15, -0.1) is 0 Å². The van der Waals surface area contributed by atoms with Crippen LogP contribution in [0.15, 0.2) is 12.2 Å². The number of rotatable bonds is 9. The summed E-state index contributed by atoms with van der Waals surface area (Å²) in [6.07, 6.45) is 0. The molecule has 0 aliphatic carbocycles. The second-order valence-electron chi connectivity index (χ2n) is 3.72. The first kappa shape index (κ1) is 19.4. The molecule has 11 heteroatoms. The molecule has 0 fully saturated rings. The summed E-state index contributed by atoms with van der Waals surface area (Å²) in [5.74, 6) is -1.76. The van der Waals surface area contributed by atoms with Crippen molar-refractivity contribution in [3.8, 4) is 0 Å². The minimum Gasteiger partial charge on any atom is -0.743 e. The smallest absolute Gasteiger partial charge is 0.357 e. The Balaban J connectivity index is 3.85. The molecule has 0 rings (SSSR count). The van der Waals surface area contributed by atoms with Gasteiger partial charge in [-0.1, -0.05) is 6.58 Å². The van der Waals surface area contributed by atoms with Crippen LogP contribution in [-0.2, 0) is 33.9 Å². The summed E-state index contributed by atoms with van der Waals surface area (Å²) in [6.45, 7) is 1.24. The second kappa shape index (κ2) is 8.00. The van der Waals surface area contributed by atoms with Gasteiger partial charge in [-0.2, -0.15) is 8.78 Å². The molecule has 8 nitrogen and oxygen atoms in total. The van der Waals surface area contributed by atoms with Gasteiger partial charge >= 0.3 is 17.2 Å². The highest BCUT2D eigenvalue weighted by atomic mass is 32.2. The second-order valence-corrected chi connectivity index (χ2v) is 5.23. The average molecular weight is 331 g/mol. The van der Waals surface area contributed by atoms with Crippen LogP contribution in [0.3, 0.4) is 0 Å². The molecule has 0 aromatic carbocycles. The average Bonchev–Trinajstić information content (AvgIpc) is 2.33. The third-order valence-electron chi connectivity index (χ3n) is 1.80. The first-order valence-corrected chi connectivity index (χ1v) is 6.77. The Kier molecular flexibility index (Phi) is 7.39. The summed E-state index contributed by atoms with van der Waals surface area (Å²) in [7, 11) is -5.81. The van der Waals surface area contributed by atoms with Crippen molar-refractivity contribution in [1.82, 2.24) is 0 Å². The normalized spacial score (nSPS) is 11.8. The van der Waals surface area contributed by atoms with E-state index in [1.807, 2.05) is 0 Å². The largest absolute Gasteiger partial charge is 0.743 e. The predicted octanol–water partition coefficient (Wildman–Crippen LogP) is -0.197. The zero-order valence-corrected chi connectivity index (χ0v) is 11.8. The Labute approximate surface area is 119 Å². The summed E-state index contributed by atoms with van der Waals surface area (Å²) in [4.78, 5) is 21.9. The summed E-state index contributed by atoms with van der Waals surface area (Å²) in [5, 5.41) is -4.56. The lowest BCUT2D eigenvalue weighted by Gasteiger charge is -2.19. The fourth-order valence-electron chi connectivity index (χ4n) is 0.767. The van der Waals surface area contributed by atoms with E-state index in [4.69, 9.17) is 0 Å². The van der Waals surface area contributed by atoms with Crippen LogP contribution in [0.1, 0.15) is 6.92 Å². The SMILES string of the molecule is C=C(C)C(=O)OCC(=O)OCCOCC(F)(F)S(=O)(=O)[O-]. The van der Waals surface area contributed by atoms with E-state index < -0.39 is 53.7 Å². The topological polar surface area (TPSA) is 119 Å². The lowest BCUT2D eigenvalue weighted by Crippen LogP contribution is -2.34. The minimum absolute atomic E-state index is 0.0761. The molecule has 0 aromatic rings. The Morgan fingerprint density at radius 2 is 1.81 bits per heavy atom. The van der Waals surface area contributed by atoms with Gasteiger partial charge < -0.3 is 18.8 Å². The van der Waals surface area contributed by atoms with Crippen LogP contribution in [0.5, 0.6) is 0 Å². The predicted molar refractivity (Wildman–Crippen MR) is 62.2 cm³/mol. The Morgan fingerprint density at radius 1 is 1.24 bits per heavy atom. The molecular formula is C10H13F2O8S-. The maximum absolute atomic E-state index is 12.6. The van der Waals surface area contributed by atoms with Crippen LogP contribution >= 0.6 is 0 Å². The van der Waals surface area contributed by atoms with Gasteiger partial charge in [-0.3, -0.25) is 0 Å². The maximum Gasteiger partial charge on any atom is 0.357 e. The van der Waals surface area contributed by atoms with E-state index >= 15 is 0 Å². The lowest BCUT2D eigenvalue weighted by molar-refractivity contribution is -0.158. The minimum atomic E-state index is -5.81. The molecule has 0 aromatic heterocycles. The van der Waals surface area contributed by atoms with E-state index in [9.17, 15) is 31.3 Å². The molecule has 122 valence electrons. The van der Waals surface area contributed by atoms with E-state index in [2.05, 4.69) is 20.8 Å². The van der Waals surface area contributed by atoms with E-state index in [1.54, 1.807) is 0 Å². The van der Waals surface area contributed by atoms with E-state index in [0.717, 1.165) is 0 Å². The van der Waals surface area contributed by atoms with E-state index in [-0.39, 0.29) is 5.57 Å². The first-order chi connectivity index (χ1) is 9.47. The van der Waals surface area contributed by atoms with Crippen molar-refractivity contribution in [3.63, 3.8) is 0 Å². The molecule has 0 N–H and O–H groups in total. The van der Waals surface area contributed by atoms with Crippen LogP contribution in [0, 0.1) is 0 Å². The summed E-state index contributed by atoms with van der Waals surface area (Å²) >= 11 is 0. The summed E-state index contributed by atoms with van der Waals surface area (Å²) < 4.78 is 68.6. The number of hydrogen-bond donors (Lipinski definition) is 0. The fraction of sp³-hybridized carbons (Fsp3) is 0.600.